The number of aromatic amines is 1. The van der Waals surface area contributed by atoms with Crippen LogP contribution in [0, 0.1) is 0 Å². The molecule has 2 aromatic heterocycles. The predicted molar refractivity (Wildman–Crippen MR) is 119 cm³/mol. The number of aliphatic hydroxyl groups excluding tert-OH is 1. The minimum absolute atomic E-state index is 0.0238. The highest BCUT2D eigenvalue weighted by molar-refractivity contribution is 6.32. The number of aromatic nitrogens is 3. The molecule has 160 valence electrons. The Morgan fingerprint density at radius 1 is 1.26 bits per heavy atom. The first-order valence-electron chi connectivity index (χ1n) is 11.0. The lowest BCUT2D eigenvalue weighted by atomic mass is 9.98. The molecule has 3 atom stereocenters. The van der Waals surface area contributed by atoms with Gasteiger partial charge in [0.25, 0.3) is 0 Å². The highest BCUT2D eigenvalue weighted by Crippen LogP contribution is 2.40. The Labute approximate surface area is 181 Å². The van der Waals surface area contributed by atoms with Gasteiger partial charge in [-0.15, -0.1) is 0 Å². The van der Waals surface area contributed by atoms with Crippen molar-refractivity contribution in [2.75, 3.05) is 25.0 Å². The SMILES string of the molecule is Bc1ccc(/C2=C(/O)[C@H]3CN4CCC[C@H]4CN3C(=O)N3Cc4c(n[nH]c4C3C)N2)nc1. The fourth-order valence-electron chi connectivity index (χ4n) is 5.47. The summed E-state index contributed by atoms with van der Waals surface area (Å²) in [5.41, 5.74) is 4.12. The first-order chi connectivity index (χ1) is 15.0. The monoisotopic (exact) mass is 419 g/mol. The molecule has 0 aliphatic carbocycles. The summed E-state index contributed by atoms with van der Waals surface area (Å²) in [4.78, 5) is 24.5. The second-order valence-electron chi connectivity index (χ2n) is 9.12. The number of H-pyrrole nitrogens is 1. The van der Waals surface area contributed by atoms with Crippen molar-refractivity contribution in [3.63, 3.8) is 0 Å². The topological polar surface area (TPSA) is 101 Å². The minimum Gasteiger partial charge on any atom is -0.508 e. The summed E-state index contributed by atoms with van der Waals surface area (Å²) in [6, 6.07) is 3.69. The van der Waals surface area contributed by atoms with Gasteiger partial charge in [-0.25, -0.2) is 4.79 Å². The molecule has 0 radical (unpaired) electrons. The molecule has 0 aromatic carbocycles. The number of pyridine rings is 1. The molecule has 3 N–H and O–H groups in total. The maximum atomic E-state index is 13.7. The van der Waals surface area contributed by atoms with Crippen LogP contribution in [0.25, 0.3) is 5.70 Å². The van der Waals surface area contributed by atoms with Crippen LogP contribution in [-0.2, 0) is 6.54 Å². The normalized spacial score (nSPS) is 30.2. The number of aliphatic hydroxyl groups is 1. The van der Waals surface area contributed by atoms with Crippen LogP contribution in [-0.4, -0.2) is 80.6 Å². The fourth-order valence-corrected chi connectivity index (χ4v) is 5.47. The van der Waals surface area contributed by atoms with Crippen LogP contribution in [0.15, 0.2) is 24.1 Å². The van der Waals surface area contributed by atoms with E-state index in [2.05, 4.69) is 25.4 Å². The van der Waals surface area contributed by atoms with Crippen LogP contribution in [0.2, 0.25) is 0 Å². The summed E-state index contributed by atoms with van der Waals surface area (Å²) in [7, 11) is 1.98. The zero-order valence-electron chi connectivity index (χ0n) is 17.8. The molecule has 0 spiro atoms. The van der Waals surface area contributed by atoms with Gasteiger partial charge in [0.15, 0.2) is 5.82 Å². The van der Waals surface area contributed by atoms with Crippen molar-refractivity contribution < 1.29 is 9.90 Å². The molecular weight excluding hydrogens is 393 g/mol. The number of carbonyl (C=O) groups excluding carboxylic acids is 1. The molecule has 6 heterocycles. The van der Waals surface area contributed by atoms with Gasteiger partial charge in [-0.3, -0.25) is 15.0 Å². The quantitative estimate of drug-likeness (QED) is 0.585. The Morgan fingerprint density at radius 2 is 2.13 bits per heavy atom. The lowest BCUT2D eigenvalue weighted by molar-refractivity contribution is 0.0496. The number of nitrogens with one attached hydrogen (secondary N) is 2. The number of piperazine rings is 1. The van der Waals surface area contributed by atoms with E-state index in [1.807, 2.05) is 36.7 Å². The van der Waals surface area contributed by atoms with E-state index >= 15 is 0 Å². The molecule has 2 amide bonds. The molecule has 9 nitrogen and oxygen atoms in total. The van der Waals surface area contributed by atoms with Gasteiger partial charge in [-0.05, 0) is 32.4 Å². The number of amides is 2. The third kappa shape index (κ3) is 2.77. The van der Waals surface area contributed by atoms with Gasteiger partial charge in [-0.1, -0.05) is 11.5 Å². The van der Waals surface area contributed by atoms with Crippen LogP contribution in [0.1, 0.15) is 42.8 Å². The van der Waals surface area contributed by atoms with Gasteiger partial charge in [0.1, 0.15) is 25.3 Å². The molecule has 1 unspecified atom stereocenters. The summed E-state index contributed by atoms with van der Waals surface area (Å²) in [6.45, 7) is 4.79. The van der Waals surface area contributed by atoms with Crippen molar-refractivity contribution in [2.24, 2.45) is 0 Å². The van der Waals surface area contributed by atoms with E-state index in [0.29, 0.717) is 42.9 Å². The van der Waals surface area contributed by atoms with E-state index in [1.165, 1.54) is 0 Å². The summed E-state index contributed by atoms with van der Waals surface area (Å²) in [5.74, 6) is 0.784. The average molecular weight is 419 g/mol. The number of nitrogens with zero attached hydrogens (tertiary/aromatic N) is 5. The molecule has 2 aromatic rings. The summed E-state index contributed by atoms with van der Waals surface area (Å²) >= 11 is 0. The Balaban J connectivity index is 1.52. The molecule has 2 fully saturated rings. The molecule has 0 saturated carbocycles. The molecule has 6 rings (SSSR count). The maximum Gasteiger partial charge on any atom is 0.321 e. The molecular formula is C21H26BN7O2. The smallest absolute Gasteiger partial charge is 0.321 e. The van der Waals surface area contributed by atoms with Crippen LogP contribution in [0.5, 0.6) is 0 Å². The van der Waals surface area contributed by atoms with Crippen LogP contribution >= 0.6 is 0 Å². The van der Waals surface area contributed by atoms with Crippen molar-refractivity contribution in [2.45, 2.75) is 44.4 Å². The lowest BCUT2D eigenvalue weighted by Crippen LogP contribution is -2.61. The Hall–Kier alpha value is -3.01. The number of fused-ring (bicyclic) bond motifs is 3. The van der Waals surface area contributed by atoms with Crippen molar-refractivity contribution in [1.82, 2.24) is 29.9 Å². The third-order valence-corrected chi connectivity index (χ3v) is 7.28. The zero-order chi connectivity index (χ0) is 21.3. The van der Waals surface area contributed by atoms with E-state index < -0.39 is 6.04 Å². The number of anilines is 1. The predicted octanol–water partition coefficient (Wildman–Crippen LogP) is 0.561. The summed E-state index contributed by atoms with van der Waals surface area (Å²) in [6.07, 6.45) is 4.01. The fraction of sp³-hybridized carbons (Fsp3) is 0.476. The molecule has 31 heavy (non-hydrogen) atoms. The summed E-state index contributed by atoms with van der Waals surface area (Å²) < 4.78 is 0. The standard InChI is InChI=1S/C21H26BN7O2/c1-11-17-14-9-28(11)21(31)29-8-13-3-2-6-27(13)10-16(29)19(30)18(24-20(14)26-25-17)15-5-4-12(22)7-23-15/h4-5,7,11,13,16,30H,2-3,6,8-10,22H2,1H3,(H2,24,25,26)/b19-18-/t11?,13-,16+/m0/s1. The Morgan fingerprint density at radius 3 is 2.94 bits per heavy atom. The number of hydrogen-bond donors (Lipinski definition) is 3. The number of hydrogen-bond acceptors (Lipinski definition) is 6. The van der Waals surface area contributed by atoms with Gasteiger partial charge in [-0.2, -0.15) is 5.10 Å². The van der Waals surface area contributed by atoms with Gasteiger partial charge in [0, 0.05) is 30.9 Å². The van der Waals surface area contributed by atoms with E-state index in [9.17, 15) is 9.90 Å². The van der Waals surface area contributed by atoms with Crippen molar-refractivity contribution >= 4 is 30.9 Å². The highest BCUT2D eigenvalue weighted by atomic mass is 16.3. The Bertz CT molecular complexity index is 1080. The van der Waals surface area contributed by atoms with Crippen molar-refractivity contribution in [3.05, 3.63) is 41.0 Å². The zero-order valence-corrected chi connectivity index (χ0v) is 17.8. The van der Waals surface area contributed by atoms with E-state index in [1.54, 1.807) is 6.20 Å². The summed E-state index contributed by atoms with van der Waals surface area (Å²) in [5, 5.41) is 22.5. The van der Waals surface area contributed by atoms with Crippen LogP contribution in [0.3, 0.4) is 0 Å². The maximum absolute atomic E-state index is 13.7. The van der Waals surface area contributed by atoms with Crippen LogP contribution < -0.4 is 10.8 Å². The molecule has 2 saturated heterocycles. The average Bonchev–Trinajstić information content (AvgIpc) is 3.47. The first kappa shape index (κ1) is 18.7. The highest BCUT2D eigenvalue weighted by Gasteiger charge is 2.46. The van der Waals surface area contributed by atoms with Crippen molar-refractivity contribution in [1.29, 1.82) is 0 Å². The van der Waals surface area contributed by atoms with Gasteiger partial charge >= 0.3 is 6.03 Å². The van der Waals surface area contributed by atoms with Gasteiger partial charge < -0.3 is 20.2 Å². The van der Waals surface area contributed by atoms with Crippen LogP contribution in [0.4, 0.5) is 10.6 Å². The number of rotatable bonds is 1. The van der Waals surface area contributed by atoms with E-state index in [0.717, 1.165) is 36.1 Å². The van der Waals surface area contributed by atoms with E-state index in [4.69, 9.17) is 0 Å². The second kappa shape index (κ2) is 6.75. The molecule has 2 bridgehead atoms. The van der Waals surface area contributed by atoms with Gasteiger partial charge in [0.2, 0.25) is 0 Å². The Kier molecular flexibility index (Phi) is 4.08. The van der Waals surface area contributed by atoms with E-state index in [-0.39, 0.29) is 17.8 Å². The number of urea groups is 1. The second-order valence-corrected chi connectivity index (χ2v) is 9.12. The largest absolute Gasteiger partial charge is 0.508 e. The third-order valence-electron chi connectivity index (χ3n) is 7.28. The molecule has 4 aliphatic heterocycles. The first-order valence-corrected chi connectivity index (χ1v) is 11.0. The van der Waals surface area contributed by atoms with Gasteiger partial charge in [0.05, 0.1) is 24.0 Å². The minimum atomic E-state index is -0.432. The number of carbonyl (C=O) groups is 1. The molecule has 10 heteroatoms. The molecule has 4 aliphatic rings. The lowest BCUT2D eigenvalue weighted by Gasteiger charge is -2.45. The van der Waals surface area contributed by atoms with Crippen molar-refractivity contribution in [3.8, 4) is 0 Å².